The zero-order valence-corrected chi connectivity index (χ0v) is 35.8. The lowest BCUT2D eigenvalue weighted by molar-refractivity contribution is -0.254. The molecule has 0 spiro atoms. The van der Waals surface area contributed by atoms with Gasteiger partial charge in [0.25, 0.3) is 5.91 Å². The first-order valence-corrected chi connectivity index (χ1v) is 22.0. The molecule has 1 saturated carbocycles. The van der Waals surface area contributed by atoms with E-state index < -0.39 is 17.7 Å². The van der Waals surface area contributed by atoms with Gasteiger partial charge in [0.15, 0.2) is 0 Å². The van der Waals surface area contributed by atoms with Gasteiger partial charge in [-0.1, -0.05) is 73.5 Å². The predicted molar refractivity (Wildman–Crippen MR) is 238 cm³/mol. The fraction of sp³-hybridized carbons (Fsp3) is 0.451. The number of carbonyl (C=O) groups excluding carboxylic acids is 1. The normalized spacial score (nSPS) is 23.6. The molecule has 9 nitrogen and oxygen atoms in total. The maximum absolute atomic E-state index is 15.1. The Morgan fingerprint density at radius 3 is 2.40 bits per heavy atom. The van der Waals surface area contributed by atoms with Crippen molar-refractivity contribution in [1.82, 2.24) is 4.90 Å². The summed E-state index contributed by atoms with van der Waals surface area (Å²) in [7, 11) is 0. The van der Waals surface area contributed by atoms with Gasteiger partial charge in [0.1, 0.15) is 29.9 Å². The third-order valence-corrected chi connectivity index (χ3v) is 12.8. The Morgan fingerprint density at radius 2 is 1.67 bits per heavy atom. The van der Waals surface area contributed by atoms with Crippen LogP contribution in [0.5, 0.6) is 17.2 Å². The molecule has 0 saturated heterocycles. The molecule has 0 bridgehead atoms. The number of allylic oxidation sites excluding steroid dienone is 1. The minimum Gasteiger partial charge on any atom is -0.459 e. The summed E-state index contributed by atoms with van der Waals surface area (Å²) in [5, 5.41) is 26.8. The van der Waals surface area contributed by atoms with Crippen molar-refractivity contribution in [3.05, 3.63) is 125 Å². The lowest BCUT2D eigenvalue weighted by Gasteiger charge is -2.60. The Morgan fingerprint density at radius 1 is 0.917 bits per heavy atom. The summed E-state index contributed by atoms with van der Waals surface area (Å²) in [5.41, 5.74) is 5.77. The summed E-state index contributed by atoms with van der Waals surface area (Å²) >= 11 is 0. The first-order valence-electron chi connectivity index (χ1n) is 22.0. The third kappa shape index (κ3) is 8.76. The van der Waals surface area contributed by atoms with Crippen LogP contribution in [0.1, 0.15) is 98.2 Å². The molecule has 1 fully saturated rings. The van der Waals surface area contributed by atoms with Crippen LogP contribution in [0.15, 0.2) is 108 Å². The van der Waals surface area contributed by atoms with Crippen LogP contribution in [-0.4, -0.2) is 71.5 Å². The molecular weight excluding hydrogens is 753 g/mol. The van der Waals surface area contributed by atoms with Gasteiger partial charge in [-0.25, -0.2) is 0 Å². The van der Waals surface area contributed by atoms with Crippen LogP contribution >= 0.6 is 0 Å². The van der Waals surface area contributed by atoms with E-state index in [2.05, 4.69) is 57.7 Å². The van der Waals surface area contributed by atoms with Crippen LogP contribution in [0.2, 0.25) is 0 Å². The number of rotatable bonds is 19. The average Bonchev–Trinajstić information content (AvgIpc) is 3.26. The summed E-state index contributed by atoms with van der Waals surface area (Å²) in [6, 6.07) is 25.6. The first-order chi connectivity index (χ1) is 29.3. The van der Waals surface area contributed by atoms with Crippen molar-refractivity contribution in [3.8, 4) is 17.2 Å². The van der Waals surface area contributed by atoms with E-state index in [9.17, 15) is 10.2 Å². The van der Waals surface area contributed by atoms with Gasteiger partial charge in [0, 0.05) is 43.2 Å². The molecule has 6 unspecified atom stereocenters. The first kappa shape index (κ1) is 43.1. The molecule has 60 heavy (non-hydrogen) atoms. The zero-order valence-electron chi connectivity index (χ0n) is 35.8. The number of benzene rings is 4. The zero-order chi connectivity index (χ0) is 42.2. The minimum atomic E-state index is -1.33. The lowest BCUT2D eigenvalue weighted by Crippen LogP contribution is -2.70. The fourth-order valence-electron chi connectivity index (χ4n) is 9.90. The number of aliphatic hydroxyl groups is 2. The Balaban J connectivity index is 1.44. The van der Waals surface area contributed by atoms with Crippen molar-refractivity contribution >= 4 is 22.4 Å². The molecule has 7 rings (SSSR count). The second-order valence-electron chi connectivity index (χ2n) is 16.6. The molecule has 6 atom stereocenters. The van der Waals surface area contributed by atoms with E-state index in [1.54, 1.807) is 6.08 Å². The number of hydrogen-bond donors (Lipinski definition) is 2. The predicted octanol–water partition coefficient (Wildman–Crippen LogP) is 10.5. The minimum absolute atomic E-state index is 0.0994. The van der Waals surface area contributed by atoms with Gasteiger partial charge in [-0.3, -0.25) is 4.79 Å². The van der Waals surface area contributed by atoms with Crippen molar-refractivity contribution < 1.29 is 34.1 Å². The third-order valence-electron chi connectivity index (χ3n) is 12.8. The molecule has 9 heteroatoms. The van der Waals surface area contributed by atoms with Crippen LogP contribution in [-0.2, 0) is 9.57 Å². The van der Waals surface area contributed by atoms with E-state index in [1.807, 2.05) is 66.4 Å². The average molecular weight is 815 g/mol. The van der Waals surface area contributed by atoms with E-state index in [4.69, 9.17) is 24.2 Å². The molecule has 2 N–H and O–H groups in total. The molecule has 1 amide bonds. The Hall–Kier alpha value is -4.96. The Bertz CT molecular complexity index is 2200. The smallest absolute Gasteiger partial charge is 0.254 e. The number of hydrogen-bond acceptors (Lipinski definition) is 8. The highest BCUT2D eigenvalue weighted by Gasteiger charge is 2.65. The summed E-state index contributed by atoms with van der Waals surface area (Å²) in [4.78, 5) is 23.0. The number of aliphatic hydroxyl groups excluding tert-OH is 2. The molecule has 4 aromatic carbocycles. The summed E-state index contributed by atoms with van der Waals surface area (Å²) in [6.07, 6.45) is 10.0. The highest BCUT2D eigenvalue weighted by atomic mass is 16.7. The molecule has 1 heterocycles. The van der Waals surface area contributed by atoms with Crippen molar-refractivity contribution in [2.45, 2.75) is 96.8 Å². The van der Waals surface area contributed by atoms with E-state index in [0.717, 1.165) is 64.6 Å². The van der Waals surface area contributed by atoms with E-state index >= 15 is 4.79 Å². The summed E-state index contributed by atoms with van der Waals surface area (Å²) in [6.45, 7) is 13.6. The van der Waals surface area contributed by atoms with Gasteiger partial charge < -0.3 is 34.2 Å². The number of ether oxygens (including phenoxy) is 3. The summed E-state index contributed by atoms with van der Waals surface area (Å²) < 4.78 is 21.2. The number of carbonyl (C=O) groups is 1. The molecule has 2 aliphatic carbocycles. The quantitative estimate of drug-likeness (QED) is 0.0551. The van der Waals surface area contributed by atoms with E-state index in [0.29, 0.717) is 55.9 Å². The SMILES string of the molecule is C=CCOC12Oc3ccc(Oc4ccc(C)c(C)c4)cc3C3C(CCCCO)C(CCCCO)C=C(C(=NOCC)CC1N(CCC)C(=O)c1ccc4ccccc4c1)C32. The molecule has 0 aromatic heterocycles. The van der Waals surface area contributed by atoms with Crippen LogP contribution < -0.4 is 9.47 Å². The second-order valence-corrected chi connectivity index (χ2v) is 16.6. The molecule has 3 aliphatic rings. The number of unbranched alkanes of at least 4 members (excludes halogenated alkanes) is 2. The molecule has 1 aliphatic heterocycles. The molecule has 4 aromatic rings. The second kappa shape index (κ2) is 19.6. The summed E-state index contributed by atoms with van der Waals surface area (Å²) in [5.74, 6) is 0.438. The number of oxime groups is 1. The van der Waals surface area contributed by atoms with Crippen molar-refractivity contribution in [2.75, 3.05) is 33.0 Å². The molecule has 0 radical (unpaired) electrons. The number of aryl methyl sites for hydroxylation is 2. The van der Waals surface area contributed by atoms with Gasteiger partial charge >= 0.3 is 0 Å². The highest BCUT2D eigenvalue weighted by molar-refractivity contribution is 6.04. The maximum Gasteiger partial charge on any atom is 0.254 e. The van der Waals surface area contributed by atoms with Crippen LogP contribution in [0.3, 0.4) is 0 Å². The van der Waals surface area contributed by atoms with Gasteiger partial charge in [-0.15, -0.1) is 6.58 Å². The maximum atomic E-state index is 15.1. The van der Waals surface area contributed by atoms with Gasteiger partial charge in [-0.05, 0) is 135 Å². The standard InChI is InChI=1S/C51H62N2O7/c1-6-25-53(50(56)39-21-20-36-15-9-10-16-37(36)30-39)47-33-45(52-58-8-3)43-31-38(17-11-13-26-54)42(18-12-14-27-55)48-44-32-41(59-40-22-19-34(4)35(5)29-40)23-24-46(44)60-51(47,49(43)48)57-28-7-2/h7,9-10,15-16,19-24,29-32,38,42,47-49,54-55H,2,6,8,11-14,17-18,25-28,33H2,1,3-5H3. The fourth-order valence-corrected chi connectivity index (χ4v) is 9.90. The lowest BCUT2D eigenvalue weighted by atomic mass is 9.55. The van der Waals surface area contributed by atoms with Gasteiger partial charge in [-0.2, -0.15) is 0 Å². The largest absolute Gasteiger partial charge is 0.459 e. The molecular formula is C51H62N2O7. The number of nitrogens with zero attached hydrogens (tertiary/aromatic N) is 2. The highest BCUT2D eigenvalue weighted by Crippen LogP contribution is 2.62. The van der Waals surface area contributed by atoms with Crippen LogP contribution in [0.25, 0.3) is 10.8 Å². The Labute approximate surface area is 355 Å². The van der Waals surface area contributed by atoms with Gasteiger partial charge in [0.2, 0.25) is 5.79 Å². The van der Waals surface area contributed by atoms with Crippen LogP contribution in [0.4, 0.5) is 0 Å². The van der Waals surface area contributed by atoms with E-state index in [1.165, 1.54) is 5.56 Å². The topological polar surface area (TPSA) is 110 Å². The Kier molecular flexibility index (Phi) is 14.1. The van der Waals surface area contributed by atoms with Gasteiger partial charge in [0.05, 0.1) is 18.2 Å². The van der Waals surface area contributed by atoms with Crippen molar-refractivity contribution in [3.63, 3.8) is 0 Å². The van der Waals surface area contributed by atoms with Crippen LogP contribution in [0, 0.1) is 31.6 Å². The van der Waals surface area contributed by atoms with E-state index in [-0.39, 0.29) is 43.5 Å². The molecule has 318 valence electrons. The number of amides is 1. The van der Waals surface area contributed by atoms with Crippen molar-refractivity contribution in [2.24, 2.45) is 22.9 Å². The monoisotopic (exact) mass is 814 g/mol. The van der Waals surface area contributed by atoms with Crippen molar-refractivity contribution in [1.29, 1.82) is 0 Å². The number of fused-ring (bicyclic) bond motifs is 3.